The number of allylic oxidation sites excluding steroid dienone is 5. The summed E-state index contributed by atoms with van der Waals surface area (Å²) in [7, 11) is 0. The van der Waals surface area contributed by atoms with Crippen LogP contribution in [0.1, 0.15) is 58.6 Å². The maximum Gasteiger partial charge on any atom is 0.147 e. The summed E-state index contributed by atoms with van der Waals surface area (Å²) < 4.78 is 14.6. The number of piperazine rings is 1. The Kier molecular flexibility index (Phi) is 8.13. The van der Waals surface area contributed by atoms with Crippen LogP contribution >= 0.6 is 0 Å². The molecule has 0 radical (unpaired) electrons. The van der Waals surface area contributed by atoms with Crippen molar-refractivity contribution < 1.29 is 9.50 Å². The van der Waals surface area contributed by atoms with E-state index in [9.17, 15) is 9.50 Å². The zero-order chi connectivity index (χ0) is 26.7. The van der Waals surface area contributed by atoms with Crippen LogP contribution in [0.4, 0.5) is 4.39 Å². The minimum Gasteiger partial charge on any atom is -0.507 e. The second kappa shape index (κ2) is 11.3. The number of halogens is 1. The molecule has 1 atom stereocenters. The van der Waals surface area contributed by atoms with E-state index in [1.165, 1.54) is 11.6 Å². The molecule has 0 aromatic heterocycles. The largest absolute Gasteiger partial charge is 0.507 e. The van der Waals surface area contributed by atoms with Gasteiger partial charge in [0, 0.05) is 55.6 Å². The van der Waals surface area contributed by atoms with E-state index < -0.39 is 5.83 Å². The second-order valence-corrected chi connectivity index (χ2v) is 10.1. The minimum absolute atomic E-state index is 0.0830. The number of hydrogen-bond donors (Lipinski definition) is 1. The molecule has 1 fully saturated rings. The zero-order valence-corrected chi connectivity index (χ0v) is 22.6. The minimum atomic E-state index is -0.404. The van der Waals surface area contributed by atoms with Crippen molar-refractivity contribution in [3.05, 3.63) is 83.1 Å². The van der Waals surface area contributed by atoms with E-state index in [0.717, 1.165) is 50.4 Å². The molecule has 3 aliphatic heterocycles. The van der Waals surface area contributed by atoms with Crippen LogP contribution in [0.5, 0.6) is 5.75 Å². The number of phenolic OH excluding ortho intramolecular Hbond substituents is 1. The zero-order valence-electron chi connectivity index (χ0n) is 22.6. The summed E-state index contributed by atoms with van der Waals surface area (Å²) in [5.41, 5.74) is 5.13. The Balaban J connectivity index is 1.63. The molecular weight excluding hydrogens is 465 g/mol. The summed E-state index contributed by atoms with van der Waals surface area (Å²) in [6, 6.07) is 5.83. The van der Waals surface area contributed by atoms with Gasteiger partial charge in [-0.3, -0.25) is 4.90 Å². The molecule has 1 aromatic carbocycles. The molecular formula is C30H38FN5O. The highest BCUT2D eigenvalue weighted by molar-refractivity contribution is 6.12. The van der Waals surface area contributed by atoms with Crippen molar-refractivity contribution in [1.82, 2.24) is 14.7 Å². The van der Waals surface area contributed by atoms with Crippen molar-refractivity contribution >= 4 is 17.1 Å². The summed E-state index contributed by atoms with van der Waals surface area (Å²) in [4.78, 5) is 6.50. The molecule has 1 saturated heterocycles. The molecule has 0 bridgehead atoms. The summed E-state index contributed by atoms with van der Waals surface area (Å²) in [5, 5.41) is 20.2. The predicted molar refractivity (Wildman–Crippen MR) is 151 cm³/mol. The van der Waals surface area contributed by atoms with E-state index in [-0.39, 0.29) is 11.4 Å². The first-order valence-electron chi connectivity index (χ1n) is 13.1. The van der Waals surface area contributed by atoms with Gasteiger partial charge in [-0.2, -0.15) is 0 Å². The van der Waals surface area contributed by atoms with Crippen LogP contribution in [0.2, 0.25) is 0 Å². The summed E-state index contributed by atoms with van der Waals surface area (Å²) in [6.45, 7) is 18.3. The first-order chi connectivity index (χ1) is 17.7. The van der Waals surface area contributed by atoms with Gasteiger partial charge in [0.1, 0.15) is 17.4 Å². The molecule has 3 aliphatic rings. The molecule has 0 unspecified atom stereocenters. The normalized spacial score (nSPS) is 21.0. The van der Waals surface area contributed by atoms with Gasteiger partial charge in [-0.05, 0) is 63.6 Å². The van der Waals surface area contributed by atoms with Crippen LogP contribution in [0.25, 0.3) is 5.57 Å². The van der Waals surface area contributed by atoms with Crippen molar-refractivity contribution in [2.45, 2.75) is 53.5 Å². The van der Waals surface area contributed by atoms with Crippen molar-refractivity contribution in [1.29, 1.82) is 0 Å². The molecule has 0 aliphatic carbocycles. The molecule has 196 valence electrons. The summed E-state index contributed by atoms with van der Waals surface area (Å²) in [5.74, 6) is 0.659. The third-order valence-corrected chi connectivity index (χ3v) is 7.14. The molecule has 4 rings (SSSR count). The van der Waals surface area contributed by atoms with Gasteiger partial charge in [0.15, 0.2) is 0 Å². The fraction of sp³-hybridized carbons (Fsp3) is 0.400. The molecule has 37 heavy (non-hydrogen) atoms. The fourth-order valence-electron chi connectivity index (χ4n) is 4.94. The Morgan fingerprint density at radius 2 is 1.97 bits per heavy atom. The van der Waals surface area contributed by atoms with Crippen molar-refractivity contribution in [2.24, 2.45) is 10.2 Å². The Morgan fingerprint density at radius 3 is 2.62 bits per heavy atom. The Labute approximate surface area is 220 Å². The van der Waals surface area contributed by atoms with Crippen LogP contribution < -0.4 is 0 Å². The summed E-state index contributed by atoms with van der Waals surface area (Å²) >= 11 is 0. The first kappa shape index (κ1) is 26.6. The number of rotatable bonds is 5. The lowest BCUT2D eigenvalue weighted by atomic mass is 9.97. The average Bonchev–Trinajstić information content (AvgIpc) is 3.09. The predicted octanol–water partition coefficient (Wildman–Crippen LogP) is 6.21. The van der Waals surface area contributed by atoms with E-state index in [2.05, 4.69) is 47.4 Å². The van der Waals surface area contributed by atoms with E-state index in [1.807, 2.05) is 44.5 Å². The number of hydrogen-bond acceptors (Lipinski definition) is 6. The molecule has 3 heterocycles. The van der Waals surface area contributed by atoms with Crippen molar-refractivity contribution in [3.8, 4) is 5.75 Å². The first-order valence-corrected chi connectivity index (χ1v) is 13.1. The molecule has 6 nitrogen and oxygen atoms in total. The molecule has 7 heteroatoms. The van der Waals surface area contributed by atoms with Crippen LogP contribution in [0, 0.1) is 0 Å². The molecule has 0 saturated carbocycles. The average molecular weight is 504 g/mol. The fourth-order valence-corrected chi connectivity index (χ4v) is 4.94. The lowest BCUT2D eigenvalue weighted by Crippen LogP contribution is -2.53. The van der Waals surface area contributed by atoms with Crippen molar-refractivity contribution in [3.63, 3.8) is 0 Å². The van der Waals surface area contributed by atoms with Gasteiger partial charge in [-0.1, -0.05) is 37.6 Å². The van der Waals surface area contributed by atoms with E-state index in [4.69, 9.17) is 0 Å². The van der Waals surface area contributed by atoms with Gasteiger partial charge in [-0.15, -0.1) is 10.2 Å². The Hall–Kier alpha value is -3.45. The van der Waals surface area contributed by atoms with Gasteiger partial charge in [0.2, 0.25) is 0 Å². The molecule has 1 N–H and O–H groups in total. The lowest BCUT2D eigenvalue weighted by molar-refractivity contribution is 0.128. The Bertz CT molecular complexity index is 1250. The highest BCUT2D eigenvalue weighted by Gasteiger charge is 2.26. The van der Waals surface area contributed by atoms with Crippen LogP contribution in [-0.4, -0.2) is 63.6 Å². The molecule has 1 aromatic rings. The molecule has 0 spiro atoms. The van der Waals surface area contributed by atoms with Crippen LogP contribution in [0.3, 0.4) is 0 Å². The standard InChI is InChI=1S/C30H38FN5O/c1-7-23-13-28(32-33-30(14-23)35-12-11-34(8-2)21(5)18-35)26-10-9-24(16-29(26)37)25-15-27(31)22(6)36(19-25)17-20(3)4/h9-10,13,15-17,19,21,37H,6-8,11-12,14,18H2,1-5H3/t21-/m1/s1. The van der Waals surface area contributed by atoms with Gasteiger partial charge in [0.05, 0.1) is 11.4 Å². The maximum atomic E-state index is 14.6. The third kappa shape index (κ3) is 5.93. The number of phenols is 1. The SMILES string of the molecule is C=C1C(F)=CC(c2ccc(C3=NN=C(N4CCN(CC)[C@H](C)C4)CC(CC)=C3)c(O)c2)=CN1C=C(C)C. The number of benzene rings is 1. The number of amidine groups is 1. The highest BCUT2D eigenvalue weighted by atomic mass is 19.1. The number of nitrogens with zero attached hydrogens (tertiary/aromatic N) is 5. The number of aromatic hydroxyl groups is 1. The lowest BCUT2D eigenvalue weighted by Gasteiger charge is -2.40. The highest BCUT2D eigenvalue weighted by Crippen LogP contribution is 2.33. The quantitative estimate of drug-likeness (QED) is 0.519. The van der Waals surface area contributed by atoms with Gasteiger partial charge >= 0.3 is 0 Å². The third-order valence-electron chi connectivity index (χ3n) is 7.14. The van der Waals surface area contributed by atoms with Gasteiger partial charge in [-0.25, -0.2) is 4.39 Å². The monoisotopic (exact) mass is 503 g/mol. The van der Waals surface area contributed by atoms with Crippen LogP contribution in [0.15, 0.2) is 82.2 Å². The van der Waals surface area contributed by atoms with E-state index >= 15 is 0 Å². The molecule has 0 amide bonds. The maximum absolute atomic E-state index is 14.6. The van der Waals surface area contributed by atoms with Gasteiger partial charge in [0.25, 0.3) is 0 Å². The van der Waals surface area contributed by atoms with E-state index in [0.29, 0.717) is 28.5 Å². The van der Waals surface area contributed by atoms with Gasteiger partial charge < -0.3 is 14.9 Å². The van der Waals surface area contributed by atoms with Crippen molar-refractivity contribution in [2.75, 3.05) is 26.2 Å². The smallest absolute Gasteiger partial charge is 0.147 e. The second-order valence-electron chi connectivity index (χ2n) is 10.1. The van der Waals surface area contributed by atoms with Crippen LogP contribution in [-0.2, 0) is 0 Å². The number of likely N-dealkylation sites (N-methyl/N-ethyl adjacent to an activating group) is 1. The van der Waals surface area contributed by atoms with E-state index in [1.54, 1.807) is 11.0 Å². The topological polar surface area (TPSA) is 54.7 Å². The summed E-state index contributed by atoms with van der Waals surface area (Å²) in [6.07, 6.45) is 8.77. The Morgan fingerprint density at radius 1 is 1.19 bits per heavy atom.